The molecule has 0 saturated carbocycles. The van der Waals surface area contributed by atoms with Crippen molar-refractivity contribution in [3.63, 3.8) is 0 Å². The number of nitrogens with one attached hydrogen (secondary N) is 1. The first-order chi connectivity index (χ1) is 7.63. The van der Waals surface area contributed by atoms with Crippen molar-refractivity contribution in [1.82, 2.24) is 9.97 Å². The standard InChI is InChI=1S/C11H11ClN2O2/c1-6(5-15)8-3-14-11(16)9-4-13-10(12)2-7(8)9/h2-4,6,15H,5H2,1H3,(H,14,16). The Balaban J connectivity index is 2.80. The Hall–Kier alpha value is -1.39. The van der Waals surface area contributed by atoms with Gasteiger partial charge in [-0.3, -0.25) is 4.79 Å². The molecule has 1 atom stereocenters. The highest BCUT2D eigenvalue weighted by Crippen LogP contribution is 2.23. The van der Waals surface area contributed by atoms with Crippen LogP contribution in [0.15, 0.2) is 23.3 Å². The van der Waals surface area contributed by atoms with Gasteiger partial charge < -0.3 is 10.1 Å². The van der Waals surface area contributed by atoms with Gasteiger partial charge in [-0.1, -0.05) is 18.5 Å². The maximum atomic E-state index is 11.6. The van der Waals surface area contributed by atoms with Gasteiger partial charge in [0.1, 0.15) is 5.15 Å². The maximum Gasteiger partial charge on any atom is 0.257 e. The molecule has 0 aliphatic heterocycles. The minimum Gasteiger partial charge on any atom is -0.396 e. The normalized spacial score (nSPS) is 12.9. The summed E-state index contributed by atoms with van der Waals surface area (Å²) >= 11 is 5.81. The van der Waals surface area contributed by atoms with E-state index >= 15 is 0 Å². The molecule has 84 valence electrons. The van der Waals surface area contributed by atoms with Crippen LogP contribution in [0.4, 0.5) is 0 Å². The van der Waals surface area contributed by atoms with Crippen molar-refractivity contribution in [2.24, 2.45) is 0 Å². The van der Waals surface area contributed by atoms with Crippen LogP contribution in [0, 0.1) is 0 Å². The van der Waals surface area contributed by atoms with Crippen molar-refractivity contribution < 1.29 is 5.11 Å². The summed E-state index contributed by atoms with van der Waals surface area (Å²) in [5.74, 6) is -0.0576. The van der Waals surface area contributed by atoms with Gasteiger partial charge in [0.15, 0.2) is 0 Å². The minimum absolute atomic E-state index is 0.0150. The Morgan fingerprint density at radius 1 is 1.56 bits per heavy atom. The van der Waals surface area contributed by atoms with Crippen molar-refractivity contribution in [2.75, 3.05) is 6.61 Å². The van der Waals surface area contributed by atoms with Gasteiger partial charge in [-0.15, -0.1) is 0 Å². The number of pyridine rings is 2. The fourth-order valence-electron chi connectivity index (χ4n) is 1.65. The molecule has 0 aliphatic carbocycles. The number of halogens is 1. The van der Waals surface area contributed by atoms with Gasteiger partial charge >= 0.3 is 0 Å². The number of aromatic nitrogens is 2. The van der Waals surface area contributed by atoms with Crippen molar-refractivity contribution in [1.29, 1.82) is 0 Å². The molecule has 16 heavy (non-hydrogen) atoms. The quantitative estimate of drug-likeness (QED) is 0.783. The predicted molar refractivity (Wildman–Crippen MR) is 62.9 cm³/mol. The monoisotopic (exact) mass is 238 g/mol. The van der Waals surface area contributed by atoms with Crippen LogP contribution in [0.3, 0.4) is 0 Å². The van der Waals surface area contributed by atoms with Crippen LogP contribution in [0.1, 0.15) is 18.4 Å². The van der Waals surface area contributed by atoms with Gasteiger partial charge in [-0.2, -0.15) is 0 Å². The van der Waals surface area contributed by atoms with Gasteiger partial charge in [-0.05, 0) is 17.0 Å². The fourth-order valence-corrected chi connectivity index (χ4v) is 1.81. The summed E-state index contributed by atoms with van der Waals surface area (Å²) in [7, 11) is 0. The highest BCUT2D eigenvalue weighted by atomic mass is 35.5. The third-order valence-electron chi connectivity index (χ3n) is 2.59. The van der Waals surface area contributed by atoms with Gasteiger partial charge in [-0.25, -0.2) is 4.98 Å². The number of hydrogen-bond acceptors (Lipinski definition) is 3. The molecule has 0 saturated heterocycles. The number of rotatable bonds is 2. The molecular weight excluding hydrogens is 228 g/mol. The molecule has 0 aromatic carbocycles. The molecule has 0 aliphatic rings. The largest absolute Gasteiger partial charge is 0.396 e. The number of aromatic amines is 1. The molecule has 0 fully saturated rings. The number of H-pyrrole nitrogens is 1. The smallest absolute Gasteiger partial charge is 0.257 e. The van der Waals surface area contributed by atoms with E-state index in [4.69, 9.17) is 16.7 Å². The van der Waals surface area contributed by atoms with E-state index in [2.05, 4.69) is 9.97 Å². The Morgan fingerprint density at radius 3 is 3.00 bits per heavy atom. The van der Waals surface area contributed by atoms with Crippen LogP contribution in [-0.4, -0.2) is 21.7 Å². The van der Waals surface area contributed by atoms with Crippen LogP contribution in [0.2, 0.25) is 5.15 Å². The van der Waals surface area contributed by atoms with E-state index in [1.807, 2.05) is 6.92 Å². The highest BCUT2D eigenvalue weighted by molar-refractivity contribution is 6.30. The van der Waals surface area contributed by atoms with Gasteiger partial charge in [0.2, 0.25) is 0 Å². The molecule has 5 heteroatoms. The van der Waals surface area contributed by atoms with E-state index < -0.39 is 0 Å². The number of aliphatic hydroxyl groups is 1. The molecule has 1 unspecified atom stereocenters. The number of aliphatic hydroxyl groups excluding tert-OH is 1. The average Bonchev–Trinajstić information content (AvgIpc) is 2.28. The van der Waals surface area contributed by atoms with Crippen molar-refractivity contribution in [3.05, 3.63) is 39.5 Å². The summed E-state index contributed by atoms with van der Waals surface area (Å²) in [4.78, 5) is 18.1. The van der Waals surface area contributed by atoms with E-state index in [0.29, 0.717) is 10.5 Å². The zero-order valence-corrected chi connectivity index (χ0v) is 9.45. The molecule has 2 rings (SSSR count). The average molecular weight is 239 g/mol. The summed E-state index contributed by atoms with van der Waals surface area (Å²) in [6, 6.07) is 1.65. The Morgan fingerprint density at radius 2 is 2.31 bits per heavy atom. The van der Waals surface area contributed by atoms with E-state index in [0.717, 1.165) is 10.9 Å². The number of nitrogens with zero attached hydrogens (tertiary/aromatic N) is 1. The van der Waals surface area contributed by atoms with Crippen molar-refractivity contribution in [3.8, 4) is 0 Å². The Labute approximate surface area is 96.9 Å². The summed E-state index contributed by atoms with van der Waals surface area (Å²) in [5, 5.41) is 10.7. The number of hydrogen-bond donors (Lipinski definition) is 2. The van der Waals surface area contributed by atoms with Gasteiger partial charge in [0.05, 0.1) is 5.39 Å². The molecule has 2 N–H and O–H groups in total. The minimum atomic E-state index is -0.201. The fraction of sp³-hybridized carbons (Fsp3) is 0.273. The van der Waals surface area contributed by atoms with Gasteiger partial charge in [0, 0.05) is 24.9 Å². The third kappa shape index (κ3) is 1.81. The summed E-state index contributed by atoms with van der Waals surface area (Å²) in [6.07, 6.45) is 3.06. The topological polar surface area (TPSA) is 66.0 Å². The molecule has 0 spiro atoms. The summed E-state index contributed by atoms with van der Waals surface area (Å²) < 4.78 is 0. The van der Waals surface area contributed by atoms with Crippen LogP contribution in [0.25, 0.3) is 10.8 Å². The third-order valence-corrected chi connectivity index (χ3v) is 2.80. The number of fused-ring (bicyclic) bond motifs is 1. The molecule has 0 bridgehead atoms. The first-order valence-electron chi connectivity index (χ1n) is 4.91. The molecule has 0 radical (unpaired) electrons. The van der Waals surface area contributed by atoms with E-state index in [9.17, 15) is 4.79 Å². The molecule has 2 aromatic heterocycles. The van der Waals surface area contributed by atoms with E-state index in [1.165, 1.54) is 6.20 Å². The lowest BCUT2D eigenvalue weighted by Gasteiger charge is -2.11. The Kier molecular flexibility index (Phi) is 2.94. The molecule has 2 heterocycles. The second-order valence-electron chi connectivity index (χ2n) is 3.71. The van der Waals surface area contributed by atoms with Crippen LogP contribution < -0.4 is 5.56 Å². The summed E-state index contributed by atoms with van der Waals surface area (Å²) in [5.41, 5.74) is 0.662. The first-order valence-corrected chi connectivity index (χ1v) is 5.29. The zero-order valence-electron chi connectivity index (χ0n) is 8.70. The predicted octanol–water partition coefficient (Wildman–Crippen LogP) is 1.67. The molecule has 2 aromatic rings. The molecule has 0 amide bonds. The second kappa shape index (κ2) is 4.23. The summed E-state index contributed by atoms with van der Waals surface area (Å²) in [6.45, 7) is 1.89. The van der Waals surface area contributed by atoms with Gasteiger partial charge in [0.25, 0.3) is 5.56 Å². The zero-order chi connectivity index (χ0) is 11.7. The van der Waals surface area contributed by atoms with Crippen molar-refractivity contribution >= 4 is 22.4 Å². The lowest BCUT2D eigenvalue weighted by Crippen LogP contribution is -2.10. The second-order valence-corrected chi connectivity index (χ2v) is 4.10. The SMILES string of the molecule is CC(CO)c1c[nH]c(=O)c2cnc(Cl)cc12. The van der Waals surface area contributed by atoms with E-state index in [1.54, 1.807) is 12.3 Å². The maximum absolute atomic E-state index is 11.6. The molecular formula is C11H11ClN2O2. The lowest BCUT2D eigenvalue weighted by atomic mass is 9.99. The Bertz CT molecular complexity index is 580. The van der Waals surface area contributed by atoms with E-state index in [-0.39, 0.29) is 18.1 Å². The highest BCUT2D eigenvalue weighted by Gasteiger charge is 2.11. The lowest BCUT2D eigenvalue weighted by molar-refractivity contribution is 0.273. The molecule has 4 nitrogen and oxygen atoms in total. The van der Waals surface area contributed by atoms with Crippen LogP contribution >= 0.6 is 11.6 Å². The van der Waals surface area contributed by atoms with Crippen molar-refractivity contribution in [2.45, 2.75) is 12.8 Å². The van der Waals surface area contributed by atoms with Crippen LogP contribution in [-0.2, 0) is 0 Å². The first kappa shape index (κ1) is 11.1. The van der Waals surface area contributed by atoms with Crippen LogP contribution in [0.5, 0.6) is 0 Å².